The number of hydrogen-bond acceptors (Lipinski definition) is 7. The number of carbonyl (C=O) groups is 2. The Bertz CT molecular complexity index is 746. The zero-order chi connectivity index (χ0) is 17.3. The summed E-state index contributed by atoms with van der Waals surface area (Å²) in [5.41, 5.74) is 0.863. The molecule has 0 aromatic carbocycles. The van der Waals surface area contributed by atoms with Gasteiger partial charge in [-0.1, -0.05) is 0 Å². The van der Waals surface area contributed by atoms with Crippen LogP contribution in [0.15, 0.2) is 24.5 Å². The van der Waals surface area contributed by atoms with Crippen molar-refractivity contribution < 1.29 is 56.4 Å². The van der Waals surface area contributed by atoms with Gasteiger partial charge in [-0.05, 0) is 30.5 Å². The molecule has 130 valence electrons. The summed E-state index contributed by atoms with van der Waals surface area (Å²) in [7, 11) is -5.04. The van der Waals surface area contributed by atoms with Gasteiger partial charge in [0, 0.05) is 25.5 Å². The van der Waals surface area contributed by atoms with Crippen molar-refractivity contribution in [3.8, 4) is 0 Å². The first-order chi connectivity index (χ1) is 11.3. The molecule has 0 saturated carbocycles. The summed E-state index contributed by atoms with van der Waals surface area (Å²) < 4.78 is 36.4. The van der Waals surface area contributed by atoms with E-state index in [9.17, 15) is 22.6 Å². The van der Waals surface area contributed by atoms with Gasteiger partial charge in [-0.15, -0.1) is 0 Å². The number of hydroxylamine groups is 2. The molecule has 0 unspecified atom stereocenters. The molecule has 2 aliphatic heterocycles. The van der Waals surface area contributed by atoms with Gasteiger partial charge < -0.3 is 14.8 Å². The molecule has 3 rings (SSSR count). The van der Waals surface area contributed by atoms with Gasteiger partial charge in [-0.3, -0.25) is 9.78 Å². The predicted octanol–water partition coefficient (Wildman–Crippen LogP) is -3.64. The summed E-state index contributed by atoms with van der Waals surface area (Å²) in [6.45, 7) is 0.431. The summed E-state index contributed by atoms with van der Waals surface area (Å²) in [5, 5.41) is 3.29. The Morgan fingerprint density at radius 1 is 1.36 bits per heavy atom. The Morgan fingerprint density at radius 2 is 2.04 bits per heavy atom. The molecule has 1 N–H and O–H groups in total. The maximum Gasteiger partial charge on any atom is 1.00 e. The van der Waals surface area contributed by atoms with E-state index in [1.54, 1.807) is 24.5 Å². The number of nitrogens with zero attached hydrogens (tertiary/aromatic N) is 3. The van der Waals surface area contributed by atoms with Crippen molar-refractivity contribution in [2.75, 3.05) is 6.54 Å². The first-order valence-corrected chi connectivity index (χ1v) is 8.60. The number of piperidine rings is 1. The molecule has 25 heavy (non-hydrogen) atoms. The minimum absolute atomic E-state index is 0. The van der Waals surface area contributed by atoms with E-state index in [1.165, 1.54) is 4.90 Å². The average molecular weight is 378 g/mol. The van der Waals surface area contributed by atoms with E-state index in [4.69, 9.17) is 0 Å². The van der Waals surface area contributed by atoms with Crippen LogP contribution in [-0.4, -0.2) is 58.5 Å². The summed E-state index contributed by atoms with van der Waals surface area (Å²) in [6.07, 6.45) is 3.94. The molecular weight excluding hydrogens is 363 g/mol. The van der Waals surface area contributed by atoms with Crippen LogP contribution >= 0.6 is 0 Å². The fourth-order valence-corrected chi connectivity index (χ4v) is 3.29. The molecule has 2 atom stereocenters. The molecule has 2 saturated heterocycles. The van der Waals surface area contributed by atoms with Crippen molar-refractivity contribution in [2.24, 2.45) is 0 Å². The minimum Gasteiger partial charge on any atom is -0.724 e. The molecule has 0 radical (unpaired) electrons. The summed E-state index contributed by atoms with van der Waals surface area (Å²) >= 11 is 0. The number of urea groups is 1. The summed E-state index contributed by atoms with van der Waals surface area (Å²) in [6, 6.07) is 1.45. The first kappa shape index (κ1) is 20.1. The third-order valence-electron chi connectivity index (χ3n) is 4.01. The minimum atomic E-state index is -5.04. The standard InChI is InChI=1S/C13H16N4O6S.Na/c18-12(15-7-9-3-5-14-6-4-9)11-2-1-10-8-16(11)13(19)17(10)23-24(20,21)22;/h3-6,10-11H,1-2,7-8H2,(H,15,18)(H,20,21,22);/q;+1/p-1/t10-,11-;/m1./s1. The van der Waals surface area contributed by atoms with Gasteiger partial charge >= 0.3 is 35.6 Å². The number of carbonyl (C=O) groups excluding carboxylic acids is 2. The maximum atomic E-state index is 12.3. The van der Waals surface area contributed by atoms with Crippen molar-refractivity contribution in [1.29, 1.82) is 0 Å². The molecule has 3 amide bonds. The van der Waals surface area contributed by atoms with Crippen LogP contribution in [0.3, 0.4) is 0 Å². The molecule has 1 aromatic heterocycles. The molecule has 3 heterocycles. The van der Waals surface area contributed by atoms with Gasteiger partial charge in [0.1, 0.15) is 6.04 Å². The molecular formula is C13H15N4NaO6S. The summed E-state index contributed by atoms with van der Waals surface area (Å²) in [4.78, 5) is 29.6. The Balaban J connectivity index is 0.00000225. The van der Waals surface area contributed by atoms with E-state index in [1.807, 2.05) is 0 Å². The number of fused-ring (bicyclic) bond motifs is 2. The zero-order valence-electron chi connectivity index (χ0n) is 13.5. The summed E-state index contributed by atoms with van der Waals surface area (Å²) in [5.74, 6) is -0.342. The van der Waals surface area contributed by atoms with Crippen LogP contribution < -0.4 is 34.9 Å². The molecule has 0 spiro atoms. The van der Waals surface area contributed by atoms with Crippen LogP contribution in [0.1, 0.15) is 18.4 Å². The van der Waals surface area contributed by atoms with E-state index in [-0.39, 0.29) is 42.0 Å². The van der Waals surface area contributed by atoms with Crippen LogP contribution in [0.25, 0.3) is 0 Å². The molecule has 10 nitrogen and oxygen atoms in total. The van der Waals surface area contributed by atoms with E-state index in [2.05, 4.69) is 14.6 Å². The van der Waals surface area contributed by atoms with E-state index in [0.717, 1.165) is 5.56 Å². The molecule has 0 aliphatic carbocycles. The second-order valence-electron chi connectivity index (χ2n) is 5.56. The Labute approximate surface area is 166 Å². The van der Waals surface area contributed by atoms with Crippen LogP contribution in [0.4, 0.5) is 4.79 Å². The first-order valence-electron chi connectivity index (χ1n) is 7.27. The number of hydrogen-bond donors (Lipinski definition) is 1. The number of aromatic nitrogens is 1. The van der Waals surface area contributed by atoms with Crippen LogP contribution in [0, 0.1) is 0 Å². The molecule has 1 aromatic rings. The molecule has 2 aliphatic rings. The van der Waals surface area contributed by atoms with E-state index in [0.29, 0.717) is 24.4 Å². The van der Waals surface area contributed by atoms with E-state index >= 15 is 0 Å². The average Bonchev–Trinajstić information content (AvgIpc) is 2.77. The largest absolute Gasteiger partial charge is 1.00 e. The van der Waals surface area contributed by atoms with Crippen molar-refractivity contribution >= 4 is 22.3 Å². The zero-order valence-corrected chi connectivity index (χ0v) is 16.3. The predicted molar refractivity (Wildman–Crippen MR) is 77.6 cm³/mol. The smallest absolute Gasteiger partial charge is 0.724 e. The quantitative estimate of drug-likeness (QED) is 0.318. The van der Waals surface area contributed by atoms with Crippen LogP contribution in [0.5, 0.6) is 0 Å². The topological polar surface area (TPSA) is 132 Å². The fraction of sp³-hybridized carbons (Fsp3) is 0.462. The maximum absolute atomic E-state index is 12.3. The molecule has 2 fully saturated rings. The van der Waals surface area contributed by atoms with Gasteiger partial charge in [0.2, 0.25) is 16.3 Å². The van der Waals surface area contributed by atoms with Crippen LogP contribution in [-0.2, 0) is 26.0 Å². The van der Waals surface area contributed by atoms with Crippen LogP contribution in [0.2, 0.25) is 0 Å². The van der Waals surface area contributed by atoms with Gasteiger partial charge in [0.25, 0.3) is 0 Å². The Kier molecular flexibility index (Phi) is 6.40. The van der Waals surface area contributed by atoms with Crippen molar-refractivity contribution in [2.45, 2.75) is 31.5 Å². The van der Waals surface area contributed by atoms with E-state index < -0.39 is 28.5 Å². The normalized spacial score (nSPS) is 22.5. The fourth-order valence-electron chi connectivity index (χ4n) is 2.91. The Morgan fingerprint density at radius 3 is 2.68 bits per heavy atom. The third kappa shape index (κ3) is 4.68. The van der Waals surface area contributed by atoms with Crippen molar-refractivity contribution in [3.05, 3.63) is 30.1 Å². The SMILES string of the molecule is O=C(NCc1ccncc1)[C@H]1CC[C@@H]2CN1C(=O)N2OS(=O)(=O)[O-].[Na+]. The van der Waals surface area contributed by atoms with Gasteiger partial charge in [-0.25, -0.2) is 13.2 Å². The van der Waals surface area contributed by atoms with Crippen molar-refractivity contribution in [1.82, 2.24) is 20.3 Å². The second kappa shape index (κ2) is 7.98. The van der Waals surface area contributed by atoms with Gasteiger partial charge in [0.05, 0.1) is 6.04 Å². The van der Waals surface area contributed by atoms with Gasteiger partial charge in [-0.2, -0.15) is 9.35 Å². The van der Waals surface area contributed by atoms with Gasteiger partial charge in [0.15, 0.2) is 0 Å². The molecule has 2 bridgehead atoms. The number of nitrogens with one attached hydrogen (secondary N) is 1. The number of pyridine rings is 1. The third-order valence-corrected chi connectivity index (χ3v) is 4.36. The number of rotatable bonds is 5. The molecule has 12 heteroatoms. The Hall–Kier alpha value is -1.24. The second-order valence-corrected chi connectivity index (χ2v) is 6.53. The number of amides is 3. The monoisotopic (exact) mass is 378 g/mol. The van der Waals surface area contributed by atoms with Crippen molar-refractivity contribution in [3.63, 3.8) is 0 Å².